The molecule has 1 fully saturated rings. The van der Waals surface area contributed by atoms with E-state index in [0.717, 1.165) is 12.0 Å². The maximum absolute atomic E-state index is 13.0. The quantitative estimate of drug-likeness (QED) is 0.666. The van der Waals surface area contributed by atoms with Crippen LogP contribution in [0.3, 0.4) is 0 Å². The molecule has 29 heavy (non-hydrogen) atoms. The average Bonchev–Trinajstić information content (AvgIpc) is 3.25. The maximum atomic E-state index is 13.0. The Balaban J connectivity index is 1.55. The molecular formula is C22H23N3O4. The monoisotopic (exact) mass is 393 g/mol. The van der Waals surface area contributed by atoms with E-state index in [2.05, 4.69) is 4.98 Å². The van der Waals surface area contributed by atoms with Crippen molar-refractivity contribution >= 4 is 16.9 Å². The second-order valence-electron chi connectivity index (χ2n) is 7.08. The molecule has 3 aromatic rings. The van der Waals surface area contributed by atoms with Gasteiger partial charge in [-0.15, -0.1) is 0 Å². The van der Waals surface area contributed by atoms with E-state index >= 15 is 0 Å². The first kappa shape index (κ1) is 19.0. The predicted octanol–water partition coefficient (Wildman–Crippen LogP) is 2.43. The Kier molecular flexibility index (Phi) is 5.20. The Labute approximate surface area is 168 Å². The van der Waals surface area contributed by atoms with Gasteiger partial charge in [0.1, 0.15) is 6.54 Å². The predicted molar refractivity (Wildman–Crippen MR) is 109 cm³/mol. The minimum absolute atomic E-state index is 0.00380. The number of carbonyl (C=O) groups excluding carboxylic acids is 1. The third kappa shape index (κ3) is 3.55. The molecule has 0 radical (unpaired) electrons. The summed E-state index contributed by atoms with van der Waals surface area (Å²) in [4.78, 5) is 31.2. The topological polar surface area (TPSA) is 73.7 Å². The molecule has 2 aromatic carbocycles. The molecule has 0 spiro atoms. The molecule has 7 heteroatoms. The van der Waals surface area contributed by atoms with E-state index < -0.39 is 0 Å². The Bertz CT molecular complexity index is 1110. The summed E-state index contributed by atoms with van der Waals surface area (Å²) in [5.41, 5.74) is 2.12. The van der Waals surface area contributed by atoms with Crippen LogP contribution < -0.4 is 15.0 Å². The molecule has 0 bridgehead atoms. The van der Waals surface area contributed by atoms with Crippen molar-refractivity contribution in [3.05, 3.63) is 64.6 Å². The number of para-hydroxylation sites is 3. The van der Waals surface area contributed by atoms with Crippen molar-refractivity contribution in [2.24, 2.45) is 0 Å². The molecule has 1 saturated heterocycles. The van der Waals surface area contributed by atoms with Gasteiger partial charge in [0.15, 0.2) is 11.5 Å². The molecule has 1 atom stereocenters. The van der Waals surface area contributed by atoms with Crippen molar-refractivity contribution in [1.29, 1.82) is 0 Å². The van der Waals surface area contributed by atoms with Crippen molar-refractivity contribution in [1.82, 2.24) is 14.5 Å². The van der Waals surface area contributed by atoms with Gasteiger partial charge in [-0.1, -0.05) is 24.3 Å². The van der Waals surface area contributed by atoms with Crippen LogP contribution in [0.4, 0.5) is 0 Å². The number of amides is 1. The van der Waals surface area contributed by atoms with Crippen LogP contribution in [0, 0.1) is 0 Å². The minimum Gasteiger partial charge on any atom is -0.493 e. The van der Waals surface area contributed by atoms with E-state index in [1.165, 1.54) is 10.8 Å². The van der Waals surface area contributed by atoms with Crippen molar-refractivity contribution in [3.8, 4) is 11.5 Å². The molecule has 4 rings (SSSR count). The van der Waals surface area contributed by atoms with E-state index in [9.17, 15) is 9.59 Å². The lowest BCUT2D eigenvalue weighted by Gasteiger charge is -2.20. The van der Waals surface area contributed by atoms with E-state index in [1.54, 1.807) is 14.2 Å². The van der Waals surface area contributed by atoms with Crippen molar-refractivity contribution in [2.75, 3.05) is 27.3 Å². The van der Waals surface area contributed by atoms with Gasteiger partial charge in [-0.2, -0.15) is 0 Å². The highest BCUT2D eigenvalue weighted by atomic mass is 16.5. The number of likely N-dealkylation sites (tertiary alicyclic amines) is 1. The normalized spacial score (nSPS) is 16.2. The van der Waals surface area contributed by atoms with Gasteiger partial charge in [0.05, 0.1) is 31.4 Å². The molecule has 1 amide bonds. The van der Waals surface area contributed by atoms with Gasteiger partial charge in [-0.25, -0.2) is 4.98 Å². The zero-order valence-corrected chi connectivity index (χ0v) is 16.5. The van der Waals surface area contributed by atoms with Crippen LogP contribution in [0.15, 0.2) is 53.5 Å². The van der Waals surface area contributed by atoms with E-state index in [-0.39, 0.29) is 23.9 Å². The van der Waals surface area contributed by atoms with Crippen LogP contribution in [-0.2, 0) is 11.3 Å². The summed E-state index contributed by atoms with van der Waals surface area (Å²) in [6, 6.07) is 13.2. The van der Waals surface area contributed by atoms with Crippen LogP contribution in [0.1, 0.15) is 17.9 Å². The van der Waals surface area contributed by atoms with Gasteiger partial charge in [-0.3, -0.25) is 14.2 Å². The smallest absolute Gasteiger partial charge is 0.269 e. The number of hydrogen-bond acceptors (Lipinski definition) is 5. The number of hydrogen-bond donors (Lipinski definition) is 0. The molecule has 150 valence electrons. The van der Waals surface area contributed by atoms with Gasteiger partial charge < -0.3 is 14.4 Å². The third-order valence-electron chi connectivity index (χ3n) is 5.46. The number of carbonyl (C=O) groups is 1. The molecular weight excluding hydrogens is 370 g/mol. The Morgan fingerprint density at radius 3 is 2.76 bits per heavy atom. The van der Waals surface area contributed by atoms with Crippen LogP contribution in [0.25, 0.3) is 11.0 Å². The number of rotatable bonds is 5. The standard InChI is InChI=1S/C22H23N3O4/c1-28-19-9-5-6-16(22(19)29-2)15-10-11-24(13-15)21(27)14-25-18-8-4-3-7-17(18)23-12-20(25)26/h3-9,12,15H,10-11,13-14H2,1-2H3. The van der Waals surface area contributed by atoms with E-state index in [1.807, 2.05) is 47.4 Å². The zero-order valence-electron chi connectivity index (χ0n) is 16.5. The van der Waals surface area contributed by atoms with Gasteiger partial charge in [0.2, 0.25) is 5.91 Å². The lowest BCUT2D eigenvalue weighted by atomic mass is 9.97. The van der Waals surface area contributed by atoms with Crippen molar-refractivity contribution in [2.45, 2.75) is 18.9 Å². The molecule has 2 heterocycles. The zero-order chi connectivity index (χ0) is 20.4. The van der Waals surface area contributed by atoms with Crippen molar-refractivity contribution < 1.29 is 14.3 Å². The highest BCUT2D eigenvalue weighted by molar-refractivity contribution is 5.80. The summed E-state index contributed by atoms with van der Waals surface area (Å²) < 4.78 is 12.4. The van der Waals surface area contributed by atoms with Crippen LogP contribution in [0.2, 0.25) is 0 Å². The van der Waals surface area contributed by atoms with E-state index in [0.29, 0.717) is 35.6 Å². The maximum Gasteiger partial charge on any atom is 0.269 e. The molecule has 0 aliphatic carbocycles. The van der Waals surface area contributed by atoms with Gasteiger partial charge in [0.25, 0.3) is 5.56 Å². The molecule has 1 aliphatic heterocycles. The Hall–Kier alpha value is -3.35. The van der Waals surface area contributed by atoms with Gasteiger partial charge in [-0.05, 0) is 24.6 Å². The van der Waals surface area contributed by atoms with Crippen LogP contribution in [0.5, 0.6) is 11.5 Å². The third-order valence-corrected chi connectivity index (χ3v) is 5.46. The second kappa shape index (κ2) is 7.95. The number of fused-ring (bicyclic) bond motifs is 1. The lowest BCUT2D eigenvalue weighted by Crippen LogP contribution is -2.35. The summed E-state index contributed by atoms with van der Waals surface area (Å²) >= 11 is 0. The fourth-order valence-corrected chi connectivity index (χ4v) is 3.99. The minimum atomic E-state index is -0.276. The first-order chi connectivity index (χ1) is 14.1. The largest absolute Gasteiger partial charge is 0.493 e. The van der Waals surface area contributed by atoms with Gasteiger partial charge >= 0.3 is 0 Å². The second-order valence-corrected chi connectivity index (χ2v) is 7.08. The molecule has 0 saturated carbocycles. The molecule has 1 unspecified atom stereocenters. The van der Waals surface area contributed by atoms with Crippen LogP contribution >= 0.6 is 0 Å². The summed E-state index contributed by atoms with van der Waals surface area (Å²) in [6.07, 6.45) is 2.10. The van der Waals surface area contributed by atoms with Gasteiger partial charge in [0, 0.05) is 24.6 Å². The summed E-state index contributed by atoms with van der Waals surface area (Å²) in [6.45, 7) is 1.23. The molecule has 1 aliphatic rings. The first-order valence-corrected chi connectivity index (χ1v) is 9.55. The molecule has 1 aromatic heterocycles. The number of methoxy groups -OCH3 is 2. The summed E-state index contributed by atoms with van der Waals surface area (Å²) in [5.74, 6) is 1.48. The highest BCUT2D eigenvalue weighted by Gasteiger charge is 2.30. The average molecular weight is 393 g/mol. The fraction of sp³-hybridized carbons (Fsp3) is 0.318. The molecule has 0 N–H and O–H groups in total. The Morgan fingerprint density at radius 1 is 1.14 bits per heavy atom. The summed E-state index contributed by atoms with van der Waals surface area (Å²) in [5, 5.41) is 0. The van der Waals surface area contributed by atoms with Crippen molar-refractivity contribution in [3.63, 3.8) is 0 Å². The van der Waals surface area contributed by atoms with Crippen LogP contribution in [-0.4, -0.2) is 47.7 Å². The number of nitrogens with zero attached hydrogens (tertiary/aromatic N) is 3. The highest BCUT2D eigenvalue weighted by Crippen LogP contribution is 2.39. The number of aromatic nitrogens is 2. The molecule has 7 nitrogen and oxygen atoms in total. The number of benzene rings is 2. The first-order valence-electron chi connectivity index (χ1n) is 9.55. The number of ether oxygens (including phenoxy) is 2. The SMILES string of the molecule is COc1cccc(C2CCN(C(=O)Cn3c(=O)cnc4ccccc43)C2)c1OC. The fourth-order valence-electron chi connectivity index (χ4n) is 3.99. The lowest BCUT2D eigenvalue weighted by molar-refractivity contribution is -0.130. The van der Waals surface area contributed by atoms with E-state index in [4.69, 9.17) is 9.47 Å². The Morgan fingerprint density at radius 2 is 1.97 bits per heavy atom. The summed E-state index contributed by atoms with van der Waals surface area (Å²) in [7, 11) is 3.24.